The maximum atomic E-state index is 11.9. The standard InChI is InChI=1S/C12H14N2O2S2/c1-12(2,7-15)14-10(16)9-6-18-11(13-9)8-3-4-17-5-8/h3-6,15H,7H2,1-2H3,(H,14,16). The lowest BCUT2D eigenvalue weighted by atomic mass is 10.1. The van der Waals surface area contributed by atoms with Crippen LogP contribution in [-0.4, -0.2) is 28.1 Å². The normalized spacial score (nSPS) is 11.5. The number of carbonyl (C=O) groups excluding carboxylic acids is 1. The van der Waals surface area contributed by atoms with Gasteiger partial charge in [0, 0.05) is 16.3 Å². The molecule has 0 aliphatic rings. The third-order valence-electron chi connectivity index (χ3n) is 2.35. The summed E-state index contributed by atoms with van der Waals surface area (Å²) >= 11 is 3.04. The van der Waals surface area contributed by atoms with Crippen LogP contribution in [0.2, 0.25) is 0 Å². The molecule has 2 rings (SSSR count). The molecule has 0 aromatic carbocycles. The van der Waals surface area contributed by atoms with Crippen LogP contribution in [-0.2, 0) is 0 Å². The molecule has 2 N–H and O–H groups in total. The van der Waals surface area contributed by atoms with E-state index in [1.807, 2.05) is 16.8 Å². The fraction of sp³-hybridized carbons (Fsp3) is 0.333. The molecule has 18 heavy (non-hydrogen) atoms. The highest BCUT2D eigenvalue weighted by molar-refractivity contribution is 7.14. The highest BCUT2D eigenvalue weighted by atomic mass is 32.1. The summed E-state index contributed by atoms with van der Waals surface area (Å²) in [6, 6.07) is 1.98. The maximum absolute atomic E-state index is 11.9. The van der Waals surface area contributed by atoms with Crippen molar-refractivity contribution in [2.75, 3.05) is 6.61 Å². The Labute approximate surface area is 113 Å². The second-order valence-corrected chi connectivity index (χ2v) is 6.18. The number of amides is 1. The summed E-state index contributed by atoms with van der Waals surface area (Å²) in [5.41, 5.74) is 0.789. The molecule has 4 nitrogen and oxygen atoms in total. The van der Waals surface area contributed by atoms with Gasteiger partial charge in [0.15, 0.2) is 0 Å². The number of hydrogen-bond donors (Lipinski definition) is 2. The molecule has 0 aliphatic heterocycles. The predicted octanol–water partition coefficient (Wildman–Crippen LogP) is 2.37. The van der Waals surface area contributed by atoms with E-state index >= 15 is 0 Å². The zero-order valence-electron chi connectivity index (χ0n) is 10.1. The van der Waals surface area contributed by atoms with Crippen molar-refractivity contribution < 1.29 is 9.90 Å². The number of aromatic nitrogens is 1. The first-order valence-corrected chi connectivity index (χ1v) is 7.25. The zero-order chi connectivity index (χ0) is 13.2. The van der Waals surface area contributed by atoms with Crippen LogP contribution in [0.5, 0.6) is 0 Å². The first-order valence-electron chi connectivity index (χ1n) is 5.43. The Morgan fingerprint density at radius 3 is 2.89 bits per heavy atom. The molecule has 1 amide bonds. The van der Waals surface area contributed by atoms with Crippen LogP contribution in [0.3, 0.4) is 0 Å². The Bertz CT molecular complexity index is 532. The van der Waals surface area contributed by atoms with Crippen LogP contribution >= 0.6 is 22.7 Å². The lowest BCUT2D eigenvalue weighted by Gasteiger charge is -2.22. The Balaban J connectivity index is 2.13. The number of nitrogens with zero attached hydrogens (tertiary/aromatic N) is 1. The smallest absolute Gasteiger partial charge is 0.271 e. The van der Waals surface area contributed by atoms with Gasteiger partial charge in [0.2, 0.25) is 0 Å². The van der Waals surface area contributed by atoms with Gasteiger partial charge in [-0.15, -0.1) is 11.3 Å². The summed E-state index contributed by atoms with van der Waals surface area (Å²) in [6.07, 6.45) is 0. The van der Waals surface area contributed by atoms with E-state index in [1.165, 1.54) is 11.3 Å². The summed E-state index contributed by atoms with van der Waals surface area (Å²) in [5, 5.41) is 18.4. The molecule has 0 aliphatic carbocycles. The molecular weight excluding hydrogens is 268 g/mol. The summed E-state index contributed by atoms with van der Waals surface area (Å²) in [5.74, 6) is -0.258. The molecule has 0 bridgehead atoms. The molecule has 0 spiro atoms. The molecule has 96 valence electrons. The van der Waals surface area contributed by atoms with Crippen molar-refractivity contribution in [2.24, 2.45) is 0 Å². The SMILES string of the molecule is CC(C)(CO)NC(=O)c1csc(-c2ccsc2)n1. The number of thiophene rings is 1. The average Bonchev–Trinajstić information content (AvgIpc) is 2.99. The largest absolute Gasteiger partial charge is 0.394 e. The van der Waals surface area contributed by atoms with Crippen molar-refractivity contribution in [3.05, 3.63) is 27.9 Å². The molecule has 0 atom stereocenters. The molecule has 0 radical (unpaired) electrons. The molecule has 2 aromatic heterocycles. The van der Waals surface area contributed by atoms with Crippen LogP contribution < -0.4 is 5.32 Å². The van der Waals surface area contributed by atoms with Gasteiger partial charge in [0.25, 0.3) is 5.91 Å². The highest BCUT2D eigenvalue weighted by Gasteiger charge is 2.21. The molecule has 0 fully saturated rings. The summed E-state index contributed by atoms with van der Waals surface area (Å²) in [7, 11) is 0. The van der Waals surface area contributed by atoms with Gasteiger partial charge in [-0.25, -0.2) is 4.98 Å². The molecular formula is C12H14N2O2S2. The minimum absolute atomic E-state index is 0.111. The van der Waals surface area contributed by atoms with Gasteiger partial charge < -0.3 is 10.4 Å². The van der Waals surface area contributed by atoms with E-state index in [4.69, 9.17) is 5.11 Å². The van der Waals surface area contributed by atoms with Gasteiger partial charge in [0.05, 0.1) is 12.1 Å². The predicted molar refractivity (Wildman–Crippen MR) is 74.1 cm³/mol. The lowest BCUT2D eigenvalue weighted by molar-refractivity contribution is 0.0865. The second kappa shape index (κ2) is 5.17. The molecule has 2 aromatic rings. The van der Waals surface area contributed by atoms with Gasteiger partial charge in [-0.2, -0.15) is 11.3 Å². The van der Waals surface area contributed by atoms with Crippen LogP contribution in [0, 0.1) is 0 Å². The van der Waals surface area contributed by atoms with E-state index in [-0.39, 0.29) is 12.5 Å². The first kappa shape index (κ1) is 13.2. The highest BCUT2D eigenvalue weighted by Crippen LogP contribution is 2.25. The van der Waals surface area contributed by atoms with E-state index in [0.29, 0.717) is 5.69 Å². The molecule has 0 saturated carbocycles. The van der Waals surface area contributed by atoms with Gasteiger partial charge in [-0.1, -0.05) is 0 Å². The third kappa shape index (κ3) is 2.95. The van der Waals surface area contributed by atoms with E-state index < -0.39 is 5.54 Å². The topological polar surface area (TPSA) is 62.2 Å². The maximum Gasteiger partial charge on any atom is 0.271 e. The average molecular weight is 282 g/mol. The van der Waals surface area contributed by atoms with Gasteiger partial charge in [0.1, 0.15) is 10.7 Å². The number of thiazole rings is 1. The first-order chi connectivity index (χ1) is 8.52. The number of hydrogen-bond acceptors (Lipinski definition) is 5. The lowest BCUT2D eigenvalue weighted by Crippen LogP contribution is -2.46. The van der Waals surface area contributed by atoms with Crippen molar-refractivity contribution in [1.29, 1.82) is 0 Å². The van der Waals surface area contributed by atoms with Gasteiger partial charge in [-0.3, -0.25) is 4.79 Å². The van der Waals surface area contributed by atoms with Gasteiger partial charge in [-0.05, 0) is 25.3 Å². The quantitative estimate of drug-likeness (QED) is 0.905. The number of aliphatic hydroxyl groups is 1. The molecule has 0 unspecified atom stereocenters. The summed E-state index contributed by atoms with van der Waals surface area (Å²) in [6.45, 7) is 3.41. The van der Waals surface area contributed by atoms with Crippen molar-refractivity contribution in [1.82, 2.24) is 10.3 Å². The number of carbonyl (C=O) groups is 1. The van der Waals surface area contributed by atoms with Gasteiger partial charge >= 0.3 is 0 Å². The Morgan fingerprint density at radius 1 is 1.50 bits per heavy atom. The zero-order valence-corrected chi connectivity index (χ0v) is 11.8. The monoisotopic (exact) mass is 282 g/mol. The van der Waals surface area contributed by atoms with Crippen molar-refractivity contribution in [3.8, 4) is 10.6 Å². The van der Waals surface area contributed by atoms with Crippen LogP contribution in [0.25, 0.3) is 10.6 Å². The fourth-order valence-electron chi connectivity index (χ4n) is 1.31. The fourth-order valence-corrected chi connectivity index (χ4v) is 2.82. The van der Waals surface area contributed by atoms with Crippen molar-refractivity contribution in [2.45, 2.75) is 19.4 Å². The number of nitrogens with one attached hydrogen (secondary N) is 1. The van der Waals surface area contributed by atoms with Crippen molar-refractivity contribution >= 4 is 28.6 Å². The molecule has 0 saturated heterocycles. The number of rotatable bonds is 4. The summed E-state index contributed by atoms with van der Waals surface area (Å²) in [4.78, 5) is 16.2. The third-order valence-corrected chi connectivity index (χ3v) is 3.93. The van der Waals surface area contributed by atoms with E-state index in [1.54, 1.807) is 30.6 Å². The minimum atomic E-state index is -0.636. The van der Waals surface area contributed by atoms with E-state index in [9.17, 15) is 4.79 Å². The molecule has 2 heterocycles. The Kier molecular flexibility index (Phi) is 3.79. The van der Waals surface area contributed by atoms with Crippen LogP contribution in [0.1, 0.15) is 24.3 Å². The molecule has 6 heteroatoms. The second-order valence-electron chi connectivity index (χ2n) is 4.55. The van der Waals surface area contributed by atoms with Crippen LogP contribution in [0.4, 0.5) is 0 Å². The Hall–Kier alpha value is -1.24. The Morgan fingerprint density at radius 2 is 2.28 bits per heavy atom. The van der Waals surface area contributed by atoms with Crippen LogP contribution in [0.15, 0.2) is 22.2 Å². The van der Waals surface area contributed by atoms with E-state index in [0.717, 1.165) is 10.6 Å². The van der Waals surface area contributed by atoms with Crippen molar-refractivity contribution in [3.63, 3.8) is 0 Å². The number of aliphatic hydroxyl groups excluding tert-OH is 1. The minimum Gasteiger partial charge on any atom is -0.394 e. The van der Waals surface area contributed by atoms with E-state index in [2.05, 4.69) is 10.3 Å². The summed E-state index contributed by atoms with van der Waals surface area (Å²) < 4.78 is 0.